The van der Waals surface area contributed by atoms with Crippen LogP contribution < -0.4 is 5.32 Å². The molecule has 0 saturated carbocycles. The Bertz CT molecular complexity index is 182. The summed E-state index contributed by atoms with van der Waals surface area (Å²) in [5, 5.41) is 3.38. The van der Waals surface area contributed by atoms with Crippen LogP contribution in [0.5, 0.6) is 0 Å². The largest absolute Gasteiger partial charge is 0.374 e. The Morgan fingerprint density at radius 3 is 3.07 bits per heavy atom. The fourth-order valence-corrected chi connectivity index (χ4v) is 1.53. The first-order valence-electron chi connectivity index (χ1n) is 5.40. The van der Waals surface area contributed by atoms with Gasteiger partial charge in [-0.2, -0.15) is 0 Å². The molecule has 0 aromatic rings. The maximum atomic E-state index is 5.63. The summed E-state index contributed by atoms with van der Waals surface area (Å²) in [5.74, 6) is 0. The molecule has 3 heteroatoms. The quantitative estimate of drug-likeness (QED) is 0.664. The van der Waals surface area contributed by atoms with Crippen molar-refractivity contribution < 1.29 is 4.74 Å². The molecule has 0 spiro atoms. The summed E-state index contributed by atoms with van der Waals surface area (Å²) in [6.07, 6.45) is 1.40. The third-order valence-corrected chi connectivity index (χ3v) is 2.59. The number of ether oxygens (including phenoxy) is 1. The summed E-state index contributed by atoms with van der Waals surface area (Å²) >= 11 is 0. The van der Waals surface area contributed by atoms with Crippen LogP contribution in [0.15, 0.2) is 12.2 Å². The Morgan fingerprint density at radius 1 is 1.64 bits per heavy atom. The van der Waals surface area contributed by atoms with E-state index in [1.807, 2.05) is 0 Å². The zero-order valence-corrected chi connectivity index (χ0v) is 9.38. The van der Waals surface area contributed by atoms with Crippen molar-refractivity contribution in [2.75, 3.05) is 39.8 Å². The summed E-state index contributed by atoms with van der Waals surface area (Å²) in [7, 11) is 2.14. The van der Waals surface area contributed by atoms with Gasteiger partial charge >= 0.3 is 0 Å². The highest BCUT2D eigenvalue weighted by Crippen LogP contribution is 2.02. The van der Waals surface area contributed by atoms with Gasteiger partial charge in [-0.1, -0.05) is 19.1 Å². The zero-order chi connectivity index (χ0) is 10.4. The third-order valence-electron chi connectivity index (χ3n) is 2.59. The van der Waals surface area contributed by atoms with Crippen LogP contribution in [0.25, 0.3) is 0 Å². The Morgan fingerprint density at radius 2 is 2.43 bits per heavy atom. The standard InChI is InChI=1S/C11H22N2O/c1-4-10(2)7-12-8-11-9-13(3)5-6-14-11/h11-12H,2,4-9H2,1,3H3. The topological polar surface area (TPSA) is 24.5 Å². The Labute approximate surface area is 87.1 Å². The Kier molecular flexibility index (Phi) is 5.15. The van der Waals surface area contributed by atoms with Crippen LogP contribution in [0.3, 0.4) is 0 Å². The summed E-state index contributed by atoms with van der Waals surface area (Å²) in [5.41, 5.74) is 1.26. The summed E-state index contributed by atoms with van der Waals surface area (Å²) in [6, 6.07) is 0. The fourth-order valence-electron chi connectivity index (χ4n) is 1.53. The molecule has 1 aliphatic heterocycles. The van der Waals surface area contributed by atoms with Crippen LogP contribution >= 0.6 is 0 Å². The summed E-state index contributed by atoms with van der Waals surface area (Å²) in [4.78, 5) is 2.31. The van der Waals surface area contributed by atoms with E-state index in [1.54, 1.807) is 0 Å². The molecule has 82 valence electrons. The van der Waals surface area contributed by atoms with Gasteiger partial charge in [0, 0.05) is 26.2 Å². The molecule has 0 amide bonds. The van der Waals surface area contributed by atoms with Gasteiger partial charge in [0.1, 0.15) is 0 Å². The van der Waals surface area contributed by atoms with Gasteiger partial charge in [0.15, 0.2) is 0 Å². The van der Waals surface area contributed by atoms with E-state index in [1.165, 1.54) is 5.57 Å². The first-order valence-corrected chi connectivity index (χ1v) is 5.40. The molecule has 0 aromatic heterocycles. The third kappa shape index (κ3) is 4.22. The monoisotopic (exact) mass is 198 g/mol. The Hall–Kier alpha value is -0.380. The summed E-state index contributed by atoms with van der Waals surface area (Å²) < 4.78 is 5.63. The molecule has 1 heterocycles. The van der Waals surface area contributed by atoms with E-state index in [2.05, 4.69) is 30.8 Å². The van der Waals surface area contributed by atoms with Crippen molar-refractivity contribution in [3.8, 4) is 0 Å². The molecule has 3 nitrogen and oxygen atoms in total. The SMILES string of the molecule is C=C(CC)CNCC1CN(C)CCO1. The van der Waals surface area contributed by atoms with Crippen LogP contribution in [-0.2, 0) is 4.74 Å². The number of morpholine rings is 1. The molecular formula is C11H22N2O. The van der Waals surface area contributed by atoms with Crippen molar-refractivity contribution >= 4 is 0 Å². The normalized spacial score (nSPS) is 23.7. The fraction of sp³-hybridized carbons (Fsp3) is 0.818. The van der Waals surface area contributed by atoms with Gasteiger partial charge in [-0.05, 0) is 13.5 Å². The molecular weight excluding hydrogens is 176 g/mol. The lowest BCUT2D eigenvalue weighted by molar-refractivity contribution is -0.0177. The molecule has 0 bridgehead atoms. The van der Waals surface area contributed by atoms with E-state index in [-0.39, 0.29) is 0 Å². The molecule has 1 N–H and O–H groups in total. The first kappa shape index (κ1) is 11.7. The van der Waals surface area contributed by atoms with Crippen molar-refractivity contribution in [1.29, 1.82) is 0 Å². The maximum absolute atomic E-state index is 5.63. The van der Waals surface area contributed by atoms with Gasteiger partial charge in [-0.25, -0.2) is 0 Å². The number of nitrogens with one attached hydrogen (secondary N) is 1. The van der Waals surface area contributed by atoms with Crippen molar-refractivity contribution in [2.45, 2.75) is 19.4 Å². The minimum atomic E-state index is 0.346. The number of nitrogens with zero attached hydrogens (tertiary/aromatic N) is 1. The molecule has 1 fully saturated rings. The minimum Gasteiger partial charge on any atom is -0.374 e. The number of likely N-dealkylation sites (N-methyl/N-ethyl adjacent to an activating group) is 1. The average Bonchev–Trinajstić information content (AvgIpc) is 2.17. The zero-order valence-electron chi connectivity index (χ0n) is 9.38. The van der Waals surface area contributed by atoms with E-state index in [0.29, 0.717) is 6.10 Å². The van der Waals surface area contributed by atoms with Crippen LogP contribution in [-0.4, -0.2) is 50.8 Å². The lowest BCUT2D eigenvalue weighted by Crippen LogP contribution is -2.45. The number of rotatable bonds is 5. The second-order valence-electron chi connectivity index (χ2n) is 3.99. The predicted octanol–water partition coefficient (Wildman–Crippen LogP) is 0.873. The van der Waals surface area contributed by atoms with Crippen LogP contribution in [0.2, 0.25) is 0 Å². The van der Waals surface area contributed by atoms with Crippen molar-refractivity contribution in [1.82, 2.24) is 10.2 Å². The Balaban J connectivity index is 2.08. The molecule has 0 aromatic carbocycles. The predicted molar refractivity (Wildman–Crippen MR) is 59.5 cm³/mol. The number of hydrogen-bond donors (Lipinski definition) is 1. The van der Waals surface area contributed by atoms with E-state index in [9.17, 15) is 0 Å². The van der Waals surface area contributed by atoms with Gasteiger partial charge in [0.05, 0.1) is 12.7 Å². The second-order valence-corrected chi connectivity index (χ2v) is 3.99. The average molecular weight is 198 g/mol. The number of hydrogen-bond acceptors (Lipinski definition) is 3. The molecule has 1 rings (SSSR count). The highest BCUT2D eigenvalue weighted by molar-refractivity contribution is 4.95. The summed E-state index contributed by atoms with van der Waals surface area (Å²) in [6.45, 7) is 10.9. The second kappa shape index (κ2) is 6.17. The highest BCUT2D eigenvalue weighted by Gasteiger charge is 2.16. The molecule has 1 atom stereocenters. The van der Waals surface area contributed by atoms with Gasteiger partial charge in [-0.15, -0.1) is 0 Å². The molecule has 0 aliphatic carbocycles. The smallest absolute Gasteiger partial charge is 0.0826 e. The van der Waals surface area contributed by atoms with Crippen LogP contribution in [0.1, 0.15) is 13.3 Å². The van der Waals surface area contributed by atoms with Crippen molar-refractivity contribution in [3.63, 3.8) is 0 Å². The van der Waals surface area contributed by atoms with Crippen molar-refractivity contribution in [2.24, 2.45) is 0 Å². The van der Waals surface area contributed by atoms with Gasteiger partial charge in [0.2, 0.25) is 0 Å². The van der Waals surface area contributed by atoms with Gasteiger partial charge in [0.25, 0.3) is 0 Å². The van der Waals surface area contributed by atoms with E-state index in [4.69, 9.17) is 4.74 Å². The lowest BCUT2D eigenvalue weighted by atomic mass is 10.2. The maximum Gasteiger partial charge on any atom is 0.0826 e. The van der Waals surface area contributed by atoms with Gasteiger partial charge in [-0.3, -0.25) is 0 Å². The highest BCUT2D eigenvalue weighted by atomic mass is 16.5. The van der Waals surface area contributed by atoms with E-state index < -0.39 is 0 Å². The van der Waals surface area contributed by atoms with E-state index in [0.717, 1.165) is 39.2 Å². The molecule has 1 saturated heterocycles. The van der Waals surface area contributed by atoms with Crippen LogP contribution in [0.4, 0.5) is 0 Å². The van der Waals surface area contributed by atoms with Crippen molar-refractivity contribution in [3.05, 3.63) is 12.2 Å². The van der Waals surface area contributed by atoms with Crippen LogP contribution in [0, 0.1) is 0 Å². The molecule has 14 heavy (non-hydrogen) atoms. The van der Waals surface area contributed by atoms with E-state index >= 15 is 0 Å². The molecule has 1 unspecified atom stereocenters. The molecule has 0 radical (unpaired) electrons. The lowest BCUT2D eigenvalue weighted by Gasteiger charge is -2.30. The van der Waals surface area contributed by atoms with Gasteiger partial charge < -0.3 is 15.0 Å². The first-order chi connectivity index (χ1) is 6.72. The minimum absolute atomic E-state index is 0.346. The molecule has 1 aliphatic rings.